The van der Waals surface area contributed by atoms with Crippen LogP contribution in [0.5, 0.6) is 0 Å². The third-order valence-corrected chi connectivity index (χ3v) is 9.26. The number of nitrogens with zero attached hydrogens (tertiary/aromatic N) is 2. The second-order valence-corrected chi connectivity index (χ2v) is 11.9. The van der Waals surface area contributed by atoms with Crippen LogP contribution < -0.4 is 10.2 Å². The third kappa shape index (κ3) is 5.63. The van der Waals surface area contributed by atoms with Crippen LogP contribution in [0.1, 0.15) is 67.3 Å². The summed E-state index contributed by atoms with van der Waals surface area (Å²) < 4.78 is 42.1. The van der Waals surface area contributed by atoms with Gasteiger partial charge < -0.3 is 10.2 Å². The minimum Gasteiger partial charge on any atom is -0.382 e. The lowest BCUT2D eigenvalue weighted by Gasteiger charge is -2.42. The van der Waals surface area contributed by atoms with Crippen LogP contribution in [0.3, 0.4) is 0 Å². The molecule has 1 saturated heterocycles. The Morgan fingerprint density at radius 1 is 0.857 bits per heavy atom. The summed E-state index contributed by atoms with van der Waals surface area (Å²) in [6.45, 7) is -0.567. The quantitative estimate of drug-likeness (QED) is 0.313. The van der Waals surface area contributed by atoms with E-state index in [1.165, 1.54) is 23.8 Å². The van der Waals surface area contributed by atoms with Crippen LogP contribution in [0.15, 0.2) is 66.7 Å². The van der Waals surface area contributed by atoms with E-state index in [4.69, 9.17) is 0 Å². The van der Waals surface area contributed by atoms with E-state index >= 15 is 0 Å². The van der Waals surface area contributed by atoms with Gasteiger partial charge in [0.25, 0.3) is 5.91 Å². The highest BCUT2D eigenvalue weighted by molar-refractivity contribution is 6.03. The molecule has 3 aromatic carbocycles. The number of likely N-dealkylation sites (tertiary alicyclic amines) is 1. The fraction of sp³-hybridized carbons (Fsp3) is 0.412. The second-order valence-electron chi connectivity index (χ2n) is 11.9. The molecule has 3 aromatic rings. The first-order valence-corrected chi connectivity index (χ1v) is 15.0. The zero-order valence-corrected chi connectivity index (χ0v) is 23.6. The first-order chi connectivity index (χ1) is 20.4. The molecule has 3 unspecified atom stereocenters. The lowest BCUT2D eigenvalue weighted by Crippen LogP contribution is -2.53. The van der Waals surface area contributed by atoms with Gasteiger partial charge in [0.05, 0.1) is 11.6 Å². The van der Waals surface area contributed by atoms with Crippen molar-refractivity contribution in [3.8, 4) is 0 Å². The first kappa shape index (κ1) is 28.3. The molecule has 1 aliphatic heterocycles. The van der Waals surface area contributed by atoms with Crippen LogP contribution in [0.25, 0.3) is 0 Å². The monoisotopic (exact) mass is 575 g/mol. The number of alkyl halides is 1. The number of fused-ring (bicyclic) bond motifs is 1. The number of carbonyl (C=O) groups excluding carboxylic acids is 2. The molecule has 42 heavy (non-hydrogen) atoms. The maximum absolute atomic E-state index is 14.4. The van der Waals surface area contributed by atoms with Crippen molar-refractivity contribution in [2.24, 2.45) is 11.8 Å². The second kappa shape index (κ2) is 12.2. The van der Waals surface area contributed by atoms with Gasteiger partial charge in [-0.15, -0.1) is 0 Å². The minimum atomic E-state index is -1.04. The molecule has 6 rings (SSSR count). The number of amides is 2. The zero-order chi connectivity index (χ0) is 29.2. The molecular formula is C34H36F3N3O2. The van der Waals surface area contributed by atoms with E-state index < -0.39 is 24.2 Å². The predicted octanol–water partition coefficient (Wildman–Crippen LogP) is 7.78. The molecule has 1 N–H and O–H groups in total. The molecule has 0 radical (unpaired) electrons. The Balaban J connectivity index is 1.31. The van der Waals surface area contributed by atoms with Crippen molar-refractivity contribution in [2.45, 2.75) is 70.1 Å². The van der Waals surface area contributed by atoms with Crippen molar-refractivity contribution in [2.75, 3.05) is 16.8 Å². The number of benzene rings is 3. The number of halogens is 3. The Kier molecular flexibility index (Phi) is 8.22. The molecule has 2 amide bonds. The van der Waals surface area contributed by atoms with Gasteiger partial charge in [-0.2, -0.15) is 0 Å². The highest BCUT2D eigenvalue weighted by Crippen LogP contribution is 2.42. The molecule has 0 bridgehead atoms. The van der Waals surface area contributed by atoms with Crippen molar-refractivity contribution in [3.63, 3.8) is 0 Å². The highest BCUT2D eigenvalue weighted by Gasteiger charge is 2.45. The van der Waals surface area contributed by atoms with E-state index in [1.807, 2.05) is 24.3 Å². The summed E-state index contributed by atoms with van der Waals surface area (Å²) in [5.41, 5.74) is 2.36. The molecule has 3 fully saturated rings. The van der Waals surface area contributed by atoms with Gasteiger partial charge in [-0.05, 0) is 86.1 Å². The van der Waals surface area contributed by atoms with Crippen LogP contribution in [0, 0.1) is 23.5 Å². The van der Waals surface area contributed by atoms with Crippen molar-refractivity contribution < 1.29 is 22.8 Å². The summed E-state index contributed by atoms with van der Waals surface area (Å²) in [6.07, 6.45) is 7.94. The fourth-order valence-corrected chi connectivity index (χ4v) is 7.15. The Morgan fingerprint density at radius 3 is 2.33 bits per heavy atom. The number of nitrogens with one attached hydrogen (secondary N) is 1. The van der Waals surface area contributed by atoms with E-state index in [-0.39, 0.29) is 36.0 Å². The van der Waals surface area contributed by atoms with Crippen LogP contribution in [0.2, 0.25) is 0 Å². The van der Waals surface area contributed by atoms with Gasteiger partial charge in [0, 0.05) is 41.6 Å². The van der Waals surface area contributed by atoms with Gasteiger partial charge in [0.15, 0.2) is 11.6 Å². The Bertz CT molecular complexity index is 1440. The topological polar surface area (TPSA) is 52.7 Å². The Morgan fingerprint density at radius 2 is 1.60 bits per heavy atom. The van der Waals surface area contributed by atoms with E-state index in [0.29, 0.717) is 29.3 Å². The van der Waals surface area contributed by atoms with Gasteiger partial charge in [0.2, 0.25) is 5.91 Å². The number of rotatable bonds is 7. The van der Waals surface area contributed by atoms with Gasteiger partial charge in [-0.3, -0.25) is 14.5 Å². The molecule has 3 aliphatic rings. The van der Waals surface area contributed by atoms with Crippen molar-refractivity contribution in [1.29, 1.82) is 0 Å². The maximum atomic E-state index is 14.4. The molecule has 8 heteroatoms. The summed E-state index contributed by atoms with van der Waals surface area (Å²) >= 11 is 0. The van der Waals surface area contributed by atoms with Crippen molar-refractivity contribution in [3.05, 3.63) is 89.5 Å². The lowest BCUT2D eigenvalue weighted by atomic mass is 9.83. The van der Waals surface area contributed by atoms with E-state index in [0.717, 1.165) is 49.9 Å². The zero-order valence-electron chi connectivity index (χ0n) is 23.6. The third-order valence-electron chi connectivity index (χ3n) is 9.26. The average molecular weight is 576 g/mol. The van der Waals surface area contributed by atoms with Gasteiger partial charge in [-0.1, -0.05) is 37.5 Å². The molecule has 3 atom stereocenters. The number of carbonyl (C=O) groups is 2. The van der Waals surface area contributed by atoms with Crippen molar-refractivity contribution >= 4 is 28.9 Å². The van der Waals surface area contributed by atoms with E-state index in [2.05, 4.69) is 5.32 Å². The summed E-state index contributed by atoms with van der Waals surface area (Å²) in [5.74, 6) is -2.99. The SMILES string of the molecule is O=C(C1CC2CCCC2N(C(=O)c2ccccc2CF)C1)N(c1ccc(NC2CCCC2)cc1)c1ccc(F)c(F)c1. The fourth-order valence-electron chi connectivity index (χ4n) is 7.15. The molecule has 2 saturated carbocycles. The van der Waals surface area contributed by atoms with Crippen LogP contribution >= 0.6 is 0 Å². The molecule has 5 nitrogen and oxygen atoms in total. The van der Waals surface area contributed by atoms with Gasteiger partial charge >= 0.3 is 0 Å². The number of anilines is 3. The van der Waals surface area contributed by atoms with Crippen LogP contribution in [0.4, 0.5) is 30.2 Å². The number of hydrogen-bond donors (Lipinski definition) is 1. The summed E-state index contributed by atoms with van der Waals surface area (Å²) in [5, 5.41) is 3.54. The molecule has 1 heterocycles. The van der Waals surface area contributed by atoms with Crippen LogP contribution in [-0.4, -0.2) is 35.3 Å². The summed E-state index contributed by atoms with van der Waals surface area (Å²) in [4.78, 5) is 31.4. The predicted molar refractivity (Wildman–Crippen MR) is 157 cm³/mol. The molecular weight excluding hydrogens is 539 g/mol. The highest BCUT2D eigenvalue weighted by atomic mass is 19.2. The lowest BCUT2D eigenvalue weighted by molar-refractivity contribution is -0.124. The largest absolute Gasteiger partial charge is 0.382 e. The Hall–Kier alpha value is -3.81. The number of hydrogen-bond acceptors (Lipinski definition) is 3. The van der Waals surface area contributed by atoms with E-state index in [1.54, 1.807) is 29.2 Å². The Labute approximate surface area is 244 Å². The molecule has 0 aromatic heterocycles. The number of piperidine rings is 1. The summed E-state index contributed by atoms with van der Waals surface area (Å²) in [6, 6.07) is 18.0. The molecule has 2 aliphatic carbocycles. The minimum absolute atomic E-state index is 0.00752. The van der Waals surface area contributed by atoms with Crippen LogP contribution in [-0.2, 0) is 11.5 Å². The van der Waals surface area contributed by atoms with Gasteiger partial charge in [-0.25, -0.2) is 13.2 Å². The molecule has 220 valence electrons. The standard InChI is InChI=1S/C34H36F3N3O2/c35-20-23-6-1-4-10-29(23)34(42)39-21-24(18-22-7-5-11-32(22)39)33(41)40(28-16-17-30(36)31(37)19-28)27-14-12-26(13-15-27)38-25-8-2-3-9-25/h1,4,6,10,12-17,19,22,24-25,32,38H,2-3,5,7-9,11,18,20-21H2. The average Bonchev–Trinajstić information content (AvgIpc) is 3.71. The van der Waals surface area contributed by atoms with Gasteiger partial charge in [0.1, 0.15) is 6.67 Å². The van der Waals surface area contributed by atoms with E-state index in [9.17, 15) is 22.8 Å². The van der Waals surface area contributed by atoms with Crippen molar-refractivity contribution in [1.82, 2.24) is 4.90 Å². The first-order valence-electron chi connectivity index (χ1n) is 15.0. The molecule has 0 spiro atoms. The smallest absolute Gasteiger partial charge is 0.254 e. The summed E-state index contributed by atoms with van der Waals surface area (Å²) in [7, 11) is 0. The maximum Gasteiger partial charge on any atom is 0.254 e. The normalized spacial score (nSPS) is 22.2.